The summed E-state index contributed by atoms with van der Waals surface area (Å²) < 4.78 is 1.75. The van der Waals surface area contributed by atoms with E-state index in [1.54, 1.807) is 4.68 Å². The number of anilines is 2. The topological polar surface area (TPSA) is 124 Å². The molecule has 0 spiro atoms. The minimum absolute atomic E-state index is 0.0704. The third-order valence-corrected chi connectivity index (χ3v) is 6.71. The summed E-state index contributed by atoms with van der Waals surface area (Å²) in [5, 5.41) is 24.5. The fourth-order valence-corrected chi connectivity index (χ4v) is 4.59. The van der Waals surface area contributed by atoms with Gasteiger partial charge in [0.05, 0.1) is 5.52 Å². The lowest BCUT2D eigenvalue weighted by atomic mass is 10.1. The average molecular weight is 524 g/mol. The van der Waals surface area contributed by atoms with Crippen molar-refractivity contribution >= 4 is 34.4 Å². The van der Waals surface area contributed by atoms with E-state index in [4.69, 9.17) is 4.98 Å². The minimum atomic E-state index is -0.913. The summed E-state index contributed by atoms with van der Waals surface area (Å²) in [6.45, 7) is 6.20. The van der Waals surface area contributed by atoms with Gasteiger partial charge in [-0.1, -0.05) is 25.1 Å². The molecule has 1 aromatic carbocycles. The van der Waals surface area contributed by atoms with Crippen LogP contribution >= 0.6 is 0 Å². The average Bonchev–Trinajstić information content (AvgIpc) is 3.22. The predicted octanol–water partition coefficient (Wildman–Crippen LogP) is 3.29. The number of carboxylic acids is 1. The van der Waals surface area contributed by atoms with Gasteiger partial charge in [-0.05, 0) is 62.4 Å². The highest BCUT2D eigenvalue weighted by Crippen LogP contribution is 2.23. The molecule has 0 radical (unpaired) electrons. The second kappa shape index (κ2) is 14.3. The number of benzene rings is 1. The fourth-order valence-electron chi connectivity index (χ4n) is 4.59. The number of aliphatic carboxylic acids is 1. The first-order valence-electron chi connectivity index (χ1n) is 13.4. The number of aromatic nitrogens is 3. The fraction of sp³-hybridized carbons (Fsp3) is 0.500. The molecule has 2 heterocycles. The van der Waals surface area contributed by atoms with E-state index in [0.717, 1.165) is 54.6 Å². The molecule has 0 aliphatic rings. The van der Waals surface area contributed by atoms with Gasteiger partial charge in [0, 0.05) is 51.7 Å². The Kier molecular flexibility index (Phi) is 10.9. The first-order valence-corrected chi connectivity index (χ1v) is 13.4. The Balaban J connectivity index is 1.57. The van der Waals surface area contributed by atoms with Gasteiger partial charge in [0.15, 0.2) is 5.82 Å². The van der Waals surface area contributed by atoms with Crippen molar-refractivity contribution in [3.8, 4) is 0 Å². The maximum absolute atomic E-state index is 12.1. The quantitative estimate of drug-likeness (QED) is 0.211. The van der Waals surface area contributed by atoms with E-state index >= 15 is 0 Å². The van der Waals surface area contributed by atoms with Crippen LogP contribution in [0.4, 0.5) is 11.6 Å². The van der Waals surface area contributed by atoms with Crippen LogP contribution in [0.2, 0.25) is 0 Å². The smallest absolute Gasteiger partial charge is 0.326 e. The molecular formula is C28H41N7O3. The number of rotatable bonds is 16. The van der Waals surface area contributed by atoms with Crippen molar-refractivity contribution in [3.05, 3.63) is 47.7 Å². The number of pyridine rings is 1. The highest BCUT2D eigenvalue weighted by molar-refractivity contribution is 5.91. The summed E-state index contributed by atoms with van der Waals surface area (Å²) in [5.41, 5.74) is 3.21. The minimum Gasteiger partial charge on any atom is -0.480 e. The number of carbonyl (C=O) groups excluding carboxylic acids is 1. The Labute approximate surface area is 224 Å². The van der Waals surface area contributed by atoms with Crippen molar-refractivity contribution in [2.45, 2.75) is 52.0 Å². The van der Waals surface area contributed by atoms with Crippen LogP contribution in [0.15, 0.2) is 36.4 Å². The Morgan fingerprint density at radius 1 is 1.08 bits per heavy atom. The van der Waals surface area contributed by atoms with Gasteiger partial charge in [-0.3, -0.25) is 9.48 Å². The third kappa shape index (κ3) is 8.17. The third-order valence-electron chi connectivity index (χ3n) is 6.71. The highest BCUT2D eigenvalue weighted by Gasteiger charge is 2.21. The maximum atomic E-state index is 12.1. The van der Waals surface area contributed by atoms with E-state index in [2.05, 4.69) is 45.0 Å². The number of amides is 1. The predicted molar refractivity (Wildman–Crippen MR) is 152 cm³/mol. The van der Waals surface area contributed by atoms with Crippen LogP contribution < -0.4 is 16.0 Å². The number of nitrogens with one attached hydrogen (secondary N) is 3. The Morgan fingerprint density at radius 2 is 1.87 bits per heavy atom. The van der Waals surface area contributed by atoms with Crippen molar-refractivity contribution in [1.29, 1.82) is 0 Å². The number of unbranched alkanes of at least 4 members (excludes halogenated alkanes) is 1. The Morgan fingerprint density at radius 3 is 2.58 bits per heavy atom. The number of carboxylic acid groups (broad SMARTS) is 1. The van der Waals surface area contributed by atoms with Gasteiger partial charge in [-0.25, -0.2) is 9.78 Å². The van der Waals surface area contributed by atoms with Gasteiger partial charge in [0.1, 0.15) is 11.9 Å². The molecule has 206 valence electrons. The molecule has 3 aromatic rings. The van der Waals surface area contributed by atoms with Gasteiger partial charge in [-0.2, -0.15) is 5.10 Å². The first kappa shape index (κ1) is 28.9. The van der Waals surface area contributed by atoms with Gasteiger partial charge in [0.25, 0.3) is 0 Å². The lowest BCUT2D eigenvalue weighted by Crippen LogP contribution is -2.39. The van der Waals surface area contributed by atoms with E-state index in [-0.39, 0.29) is 5.91 Å². The van der Waals surface area contributed by atoms with Crippen LogP contribution in [0, 0.1) is 0 Å². The van der Waals surface area contributed by atoms with Gasteiger partial charge >= 0.3 is 5.97 Å². The molecule has 10 heteroatoms. The van der Waals surface area contributed by atoms with Crippen LogP contribution in [-0.2, 0) is 29.5 Å². The zero-order valence-corrected chi connectivity index (χ0v) is 23.0. The van der Waals surface area contributed by atoms with Crippen LogP contribution in [0.3, 0.4) is 0 Å². The molecule has 1 amide bonds. The maximum Gasteiger partial charge on any atom is 0.326 e. The summed E-state index contributed by atoms with van der Waals surface area (Å²) in [7, 11) is 3.74. The summed E-state index contributed by atoms with van der Waals surface area (Å²) in [4.78, 5) is 30.4. The standard InChI is InChI=1S/C28H41N7O3/c1-5-21-13-14-22(31-26(21)29-3)10-8-9-17-35(19-16-30-20(2)36)18-15-24(28(37)38)32-27-23-11-6-7-12-25(23)34(4)33-27/h6-7,11-14,24H,5,8-10,15-19H2,1-4H3,(H,29,31)(H,30,36)(H,32,33)(H,37,38). The van der Waals surface area contributed by atoms with Crippen molar-refractivity contribution in [2.24, 2.45) is 7.05 Å². The van der Waals surface area contributed by atoms with Crippen molar-refractivity contribution < 1.29 is 14.7 Å². The number of para-hydroxylation sites is 1. The second-order valence-corrected chi connectivity index (χ2v) is 9.51. The number of carbonyl (C=O) groups is 2. The molecule has 38 heavy (non-hydrogen) atoms. The monoisotopic (exact) mass is 523 g/mol. The van der Waals surface area contributed by atoms with Gasteiger partial charge < -0.3 is 26.0 Å². The zero-order valence-electron chi connectivity index (χ0n) is 23.0. The Bertz CT molecular complexity index is 1210. The number of fused-ring (bicyclic) bond motifs is 1. The van der Waals surface area contributed by atoms with Gasteiger partial charge in [0.2, 0.25) is 5.91 Å². The summed E-state index contributed by atoms with van der Waals surface area (Å²) in [6.07, 6.45) is 4.15. The lowest BCUT2D eigenvalue weighted by Gasteiger charge is -2.24. The van der Waals surface area contributed by atoms with E-state index in [9.17, 15) is 14.7 Å². The molecule has 3 rings (SSSR count). The van der Waals surface area contributed by atoms with Crippen LogP contribution in [-0.4, -0.2) is 75.9 Å². The van der Waals surface area contributed by atoms with Gasteiger partial charge in [-0.15, -0.1) is 0 Å². The van der Waals surface area contributed by atoms with E-state index in [1.165, 1.54) is 12.5 Å². The molecular weight excluding hydrogens is 482 g/mol. The molecule has 0 bridgehead atoms. The normalized spacial score (nSPS) is 12.0. The molecule has 0 aliphatic heterocycles. The number of hydrogen-bond donors (Lipinski definition) is 4. The molecule has 0 saturated carbocycles. The van der Waals surface area contributed by atoms with Crippen molar-refractivity contribution in [1.82, 2.24) is 25.0 Å². The molecule has 1 atom stereocenters. The largest absolute Gasteiger partial charge is 0.480 e. The van der Waals surface area contributed by atoms with E-state index in [0.29, 0.717) is 31.9 Å². The summed E-state index contributed by atoms with van der Waals surface area (Å²) >= 11 is 0. The lowest BCUT2D eigenvalue weighted by molar-refractivity contribution is -0.138. The number of aryl methyl sites for hydroxylation is 3. The van der Waals surface area contributed by atoms with Crippen molar-refractivity contribution in [3.63, 3.8) is 0 Å². The zero-order chi connectivity index (χ0) is 27.5. The molecule has 4 N–H and O–H groups in total. The van der Waals surface area contributed by atoms with Crippen LogP contribution in [0.25, 0.3) is 10.9 Å². The highest BCUT2D eigenvalue weighted by atomic mass is 16.4. The van der Waals surface area contributed by atoms with E-state index < -0.39 is 12.0 Å². The Hall–Kier alpha value is -3.66. The number of nitrogens with zero attached hydrogens (tertiary/aromatic N) is 4. The first-order chi connectivity index (χ1) is 18.3. The number of hydrogen-bond acceptors (Lipinski definition) is 7. The molecule has 10 nitrogen and oxygen atoms in total. The summed E-state index contributed by atoms with van der Waals surface area (Å²) in [5.74, 6) is 0.528. The molecule has 0 saturated heterocycles. The molecule has 1 unspecified atom stereocenters. The van der Waals surface area contributed by atoms with Crippen LogP contribution in [0.5, 0.6) is 0 Å². The van der Waals surface area contributed by atoms with Crippen LogP contribution in [0.1, 0.15) is 44.4 Å². The summed E-state index contributed by atoms with van der Waals surface area (Å²) in [6, 6.07) is 11.2. The molecule has 2 aromatic heterocycles. The van der Waals surface area contributed by atoms with E-state index in [1.807, 2.05) is 38.4 Å². The van der Waals surface area contributed by atoms with Crippen molar-refractivity contribution in [2.75, 3.05) is 43.9 Å². The second-order valence-electron chi connectivity index (χ2n) is 9.51. The SMILES string of the molecule is CCc1ccc(CCCCN(CCNC(C)=O)CCC(Nc2nn(C)c3ccccc23)C(=O)O)nc1NC. The molecule has 0 fully saturated rings. The molecule has 0 aliphatic carbocycles.